The van der Waals surface area contributed by atoms with Gasteiger partial charge in [-0.1, -0.05) is 61.9 Å². The molecule has 208 valence electrons. The first-order valence-electron chi connectivity index (χ1n) is 13.9. The zero-order chi connectivity index (χ0) is 27.9. The van der Waals surface area contributed by atoms with Crippen LogP contribution in [0.25, 0.3) is 22.5 Å². The Bertz CT molecular complexity index is 1490. The molecule has 2 aromatic heterocycles. The van der Waals surface area contributed by atoms with E-state index >= 15 is 0 Å². The predicted molar refractivity (Wildman–Crippen MR) is 158 cm³/mol. The standard InChI is InChI=1S/C30H35N7O2S/c1-3-4-9-27-31-21(2)24(14-15-28(38)36-16-18-40-19-17-36)30(39)37(27)20-22-10-12-23(13-11-22)25-7-5-6-8-26(25)29-32-34-35-33-29/h5-8,10-13H,3-4,9,14-20H2,1-2H3,(H,32,33,34,35). The van der Waals surface area contributed by atoms with Crippen molar-refractivity contribution in [2.75, 3.05) is 24.6 Å². The summed E-state index contributed by atoms with van der Waals surface area (Å²) in [7, 11) is 0. The van der Waals surface area contributed by atoms with Crippen molar-refractivity contribution in [3.05, 3.63) is 81.5 Å². The quantitative estimate of drug-likeness (QED) is 0.310. The molecule has 10 heteroatoms. The maximum atomic E-state index is 13.8. The fourth-order valence-corrected chi connectivity index (χ4v) is 6.02. The molecule has 0 unspecified atom stereocenters. The van der Waals surface area contributed by atoms with E-state index in [-0.39, 0.29) is 11.5 Å². The van der Waals surface area contributed by atoms with E-state index in [1.54, 1.807) is 0 Å². The van der Waals surface area contributed by atoms with Crippen molar-refractivity contribution in [3.63, 3.8) is 0 Å². The number of benzene rings is 2. The van der Waals surface area contributed by atoms with Crippen LogP contribution in [0, 0.1) is 6.92 Å². The fourth-order valence-electron chi connectivity index (χ4n) is 5.11. The average Bonchev–Trinajstić information content (AvgIpc) is 3.53. The van der Waals surface area contributed by atoms with Crippen molar-refractivity contribution >= 4 is 17.7 Å². The Morgan fingerprint density at radius 2 is 1.77 bits per heavy atom. The van der Waals surface area contributed by atoms with Gasteiger partial charge in [0.05, 0.1) is 6.54 Å². The minimum Gasteiger partial charge on any atom is -0.341 e. The molecular weight excluding hydrogens is 522 g/mol. The molecule has 1 N–H and O–H groups in total. The van der Waals surface area contributed by atoms with Crippen LogP contribution in [0.2, 0.25) is 0 Å². The zero-order valence-electron chi connectivity index (χ0n) is 23.1. The second kappa shape index (κ2) is 13.0. The first-order valence-corrected chi connectivity index (χ1v) is 15.1. The topological polar surface area (TPSA) is 110 Å². The van der Waals surface area contributed by atoms with Gasteiger partial charge in [-0.2, -0.15) is 17.0 Å². The lowest BCUT2D eigenvalue weighted by Crippen LogP contribution is -2.38. The molecule has 1 fully saturated rings. The van der Waals surface area contributed by atoms with Gasteiger partial charge in [-0.05, 0) is 41.7 Å². The number of nitrogens with zero attached hydrogens (tertiary/aromatic N) is 6. The van der Waals surface area contributed by atoms with Gasteiger partial charge in [0.15, 0.2) is 0 Å². The summed E-state index contributed by atoms with van der Waals surface area (Å²) in [5, 5.41) is 14.5. The van der Waals surface area contributed by atoms with Crippen LogP contribution in [0.15, 0.2) is 53.3 Å². The molecule has 1 aliphatic rings. The van der Waals surface area contributed by atoms with E-state index in [4.69, 9.17) is 4.98 Å². The van der Waals surface area contributed by atoms with E-state index in [0.717, 1.165) is 77.6 Å². The molecule has 0 bridgehead atoms. The Hall–Kier alpha value is -3.79. The van der Waals surface area contributed by atoms with Gasteiger partial charge in [-0.15, -0.1) is 10.2 Å². The van der Waals surface area contributed by atoms with Crippen molar-refractivity contribution in [2.45, 2.75) is 52.5 Å². The monoisotopic (exact) mass is 557 g/mol. The molecule has 0 atom stereocenters. The number of hydrogen-bond acceptors (Lipinski definition) is 7. The van der Waals surface area contributed by atoms with Gasteiger partial charge in [0.2, 0.25) is 11.7 Å². The summed E-state index contributed by atoms with van der Waals surface area (Å²) < 4.78 is 1.81. The number of tetrazole rings is 1. The van der Waals surface area contributed by atoms with Gasteiger partial charge in [0.1, 0.15) is 5.82 Å². The maximum Gasteiger partial charge on any atom is 0.257 e. The number of aryl methyl sites for hydroxylation is 2. The van der Waals surface area contributed by atoms with E-state index in [1.165, 1.54) is 0 Å². The van der Waals surface area contributed by atoms with Crippen molar-refractivity contribution in [3.8, 4) is 22.5 Å². The number of carbonyl (C=O) groups excluding carboxylic acids is 1. The molecular formula is C30H35N7O2S. The number of carbonyl (C=O) groups is 1. The second-order valence-electron chi connectivity index (χ2n) is 10.1. The highest BCUT2D eigenvalue weighted by Crippen LogP contribution is 2.29. The van der Waals surface area contributed by atoms with Gasteiger partial charge >= 0.3 is 0 Å². The van der Waals surface area contributed by atoms with Crippen LogP contribution >= 0.6 is 11.8 Å². The van der Waals surface area contributed by atoms with Crippen LogP contribution in [0.5, 0.6) is 0 Å². The summed E-state index contributed by atoms with van der Waals surface area (Å²) in [4.78, 5) is 33.4. The van der Waals surface area contributed by atoms with Gasteiger partial charge in [0, 0.05) is 54.3 Å². The zero-order valence-corrected chi connectivity index (χ0v) is 23.9. The van der Waals surface area contributed by atoms with Crippen LogP contribution in [0.4, 0.5) is 0 Å². The van der Waals surface area contributed by atoms with Crippen molar-refractivity contribution in [1.82, 2.24) is 35.1 Å². The molecule has 3 heterocycles. The van der Waals surface area contributed by atoms with Gasteiger partial charge in [-0.3, -0.25) is 14.2 Å². The van der Waals surface area contributed by atoms with Crippen LogP contribution in [0.3, 0.4) is 0 Å². The Labute approximate surface area is 238 Å². The minimum absolute atomic E-state index is 0.0351. The summed E-state index contributed by atoms with van der Waals surface area (Å²) >= 11 is 1.88. The Morgan fingerprint density at radius 3 is 2.48 bits per heavy atom. The number of aromatic amines is 1. The first kappa shape index (κ1) is 27.8. The Kier molecular flexibility index (Phi) is 9.05. The second-order valence-corrected chi connectivity index (χ2v) is 11.3. The molecule has 0 radical (unpaired) electrons. The largest absolute Gasteiger partial charge is 0.341 e. The van der Waals surface area contributed by atoms with Crippen molar-refractivity contribution < 1.29 is 4.79 Å². The first-order chi connectivity index (χ1) is 19.5. The predicted octanol–water partition coefficient (Wildman–Crippen LogP) is 4.30. The number of rotatable bonds is 10. The normalized spacial score (nSPS) is 13.5. The highest BCUT2D eigenvalue weighted by molar-refractivity contribution is 7.99. The number of hydrogen-bond donors (Lipinski definition) is 1. The molecule has 5 rings (SSSR count). The highest BCUT2D eigenvalue weighted by atomic mass is 32.2. The van der Waals surface area contributed by atoms with Gasteiger partial charge in [0.25, 0.3) is 5.56 Å². The fraction of sp³-hybridized carbons (Fsp3) is 0.400. The third-order valence-corrected chi connectivity index (χ3v) is 8.32. The van der Waals surface area contributed by atoms with Gasteiger partial charge in [-0.25, -0.2) is 4.98 Å². The van der Waals surface area contributed by atoms with Crippen LogP contribution in [-0.4, -0.2) is 65.6 Å². The number of aromatic nitrogens is 6. The van der Waals surface area contributed by atoms with Gasteiger partial charge < -0.3 is 4.90 Å². The van der Waals surface area contributed by atoms with Crippen LogP contribution < -0.4 is 5.56 Å². The number of H-pyrrole nitrogens is 1. The number of unbranched alkanes of at least 4 members (excludes halogenated alkanes) is 1. The van der Waals surface area contributed by atoms with Crippen molar-refractivity contribution in [1.29, 1.82) is 0 Å². The lowest BCUT2D eigenvalue weighted by molar-refractivity contribution is -0.130. The molecule has 1 amide bonds. The lowest BCUT2D eigenvalue weighted by Gasteiger charge is -2.26. The number of amides is 1. The summed E-state index contributed by atoms with van der Waals surface area (Å²) in [6.45, 7) is 6.04. The maximum absolute atomic E-state index is 13.8. The average molecular weight is 558 g/mol. The van der Waals surface area contributed by atoms with Crippen molar-refractivity contribution in [2.24, 2.45) is 0 Å². The smallest absolute Gasteiger partial charge is 0.257 e. The van der Waals surface area contributed by atoms with E-state index in [0.29, 0.717) is 30.8 Å². The Morgan fingerprint density at radius 1 is 1.02 bits per heavy atom. The molecule has 2 aromatic carbocycles. The van der Waals surface area contributed by atoms with E-state index in [9.17, 15) is 9.59 Å². The summed E-state index contributed by atoms with van der Waals surface area (Å²) in [5.41, 5.74) is 5.29. The molecule has 9 nitrogen and oxygen atoms in total. The summed E-state index contributed by atoms with van der Waals surface area (Å²) in [5.74, 6) is 3.43. The molecule has 4 aromatic rings. The summed E-state index contributed by atoms with van der Waals surface area (Å²) in [6.07, 6.45) is 3.48. The number of thioether (sulfide) groups is 1. The molecule has 40 heavy (non-hydrogen) atoms. The van der Waals surface area contributed by atoms with E-state index in [1.807, 2.05) is 52.4 Å². The van der Waals surface area contributed by atoms with E-state index in [2.05, 4.69) is 51.8 Å². The molecule has 0 saturated carbocycles. The molecule has 0 spiro atoms. The number of nitrogens with one attached hydrogen (secondary N) is 1. The molecule has 0 aliphatic carbocycles. The van der Waals surface area contributed by atoms with E-state index < -0.39 is 0 Å². The SMILES string of the molecule is CCCCc1nc(C)c(CCC(=O)N2CCSCC2)c(=O)n1Cc1ccc(-c2ccccc2-c2nn[nH]n2)cc1. The molecule has 1 aliphatic heterocycles. The highest BCUT2D eigenvalue weighted by Gasteiger charge is 2.20. The molecule has 1 saturated heterocycles. The Balaban J connectivity index is 1.39. The van der Waals surface area contributed by atoms with Crippen LogP contribution in [0.1, 0.15) is 48.8 Å². The third-order valence-electron chi connectivity index (χ3n) is 7.37. The lowest BCUT2D eigenvalue weighted by atomic mass is 9.98. The third kappa shape index (κ3) is 6.33. The van der Waals surface area contributed by atoms with Crippen LogP contribution in [-0.2, 0) is 24.2 Å². The summed E-state index contributed by atoms with van der Waals surface area (Å²) in [6, 6.07) is 16.2. The minimum atomic E-state index is -0.0351.